The molecule has 3 heterocycles. The van der Waals surface area contributed by atoms with Gasteiger partial charge in [-0.2, -0.15) is 5.10 Å². The molecule has 2 aliphatic heterocycles. The van der Waals surface area contributed by atoms with Gasteiger partial charge in [0.2, 0.25) is 6.79 Å². The number of nitrogens with zero attached hydrogens (tertiary/aromatic N) is 2. The van der Waals surface area contributed by atoms with Gasteiger partial charge in [-0.15, -0.1) is 0 Å². The van der Waals surface area contributed by atoms with Gasteiger partial charge in [0.15, 0.2) is 17.2 Å². The van der Waals surface area contributed by atoms with Gasteiger partial charge in [-0.25, -0.2) is 0 Å². The van der Waals surface area contributed by atoms with E-state index in [0.29, 0.717) is 36.0 Å². The molecule has 2 aliphatic rings. The highest BCUT2D eigenvalue weighted by Gasteiger charge is 2.27. The van der Waals surface area contributed by atoms with Crippen molar-refractivity contribution in [3.63, 3.8) is 0 Å². The molecular formula is C18H21N3O5. The van der Waals surface area contributed by atoms with Crippen LogP contribution < -0.4 is 14.2 Å². The van der Waals surface area contributed by atoms with E-state index < -0.39 is 0 Å². The summed E-state index contributed by atoms with van der Waals surface area (Å²) in [6.45, 7) is 5.56. The highest BCUT2D eigenvalue weighted by atomic mass is 16.7. The fraction of sp³-hybridized carbons (Fsp3) is 0.444. The average molecular weight is 359 g/mol. The predicted molar refractivity (Wildman–Crippen MR) is 91.4 cm³/mol. The van der Waals surface area contributed by atoms with E-state index in [2.05, 4.69) is 10.2 Å². The molecule has 2 atom stereocenters. The van der Waals surface area contributed by atoms with Gasteiger partial charge in [0.25, 0.3) is 5.91 Å². The Hall–Kier alpha value is -2.74. The van der Waals surface area contributed by atoms with E-state index in [1.54, 1.807) is 23.1 Å². The molecule has 1 amide bonds. The second kappa shape index (κ2) is 6.87. The highest BCUT2D eigenvalue weighted by molar-refractivity contribution is 5.92. The van der Waals surface area contributed by atoms with Gasteiger partial charge in [-0.1, -0.05) is 0 Å². The van der Waals surface area contributed by atoms with Crippen molar-refractivity contribution in [3.05, 3.63) is 35.7 Å². The Balaban J connectivity index is 1.38. The molecule has 1 aromatic carbocycles. The lowest BCUT2D eigenvalue weighted by atomic mass is 10.2. The number of nitrogens with one attached hydrogen (secondary N) is 1. The molecule has 26 heavy (non-hydrogen) atoms. The van der Waals surface area contributed by atoms with Gasteiger partial charge >= 0.3 is 0 Å². The number of hydrogen-bond acceptors (Lipinski definition) is 6. The molecule has 1 saturated heterocycles. The van der Waals surface area contributed by atoms with Crippen LogP contribution in [-0.2, 0) is 11.3 Å². The van der Waals surface area contributed by atoms with Crippen molar-refractivity contribution in [1.29, 1.82) is 0 Å². The molecule has 1 aromatic heterocycles. The number of ether oxygens (including phenoxy) is 4. The normalized spacial score (nSPS) is 21.7. The number of carbonyl (C=O) groups excluding carboxylic acids is 1. The Bertz CT molecular complexity index is 796. The zero-order valence-electron chi connectivity index (χ0n) is 14.7. The second-order valence-corrected chi connectivity index (χ2v) is 6.55. The van der Waals surface area contributed by atoms with Crippen molar-refractivity contribution >= 4 is 5.91 Å². The third-order valence-electron chi connectivity index (χ3n) is 4.30. The number of fused-ring (bicyclic) bond motifs is 1. The Morgan fingerprint density at radius 2 is 2.00 bits per heavy atom. The molecule has 0 radical (unpaired) electrons. The van der Waals surface area contributed by atoms with Crippen LogP contribution in [0.2, 0.25) is 0 Å². The summed E-state index contributed by atoms with van der Waals surface area (Å²) in [6, 6.07) is 7.12. The molecule has 1 fully saturated rings. The quantitative estimate of drug-likeness (QED) is 0.898. The van der Waals surface area contributed by atoms with E-state index in [1.807, 2.05) is 19.9 Å². The van der Waals surface area contributed by atoms with Gasteiger partial charge in [0.1, 0.15) is 12.4 Å². The van der Waals surface area contributed by atoms with Gasteiger partial charge in [-0.05, 0) is 32.0 Å². The first kappa shape index (κ1) is 16.7. The van der Waals surface area contributed by atoms with Gasteiger partial charge in [0, 0.05) is 19.2 Å². The zero-order chi connectivity index (χ0) is 18.1. The van der Waals surface area contributed by atoms with Crippen LogP contribution in [-0.4, -0.2) is 53.1 Å². The maximum atomic E-state index is 12.6. The van der Waals surface area contributed by atoms with Crippen LogP contribution in [0, 0.1) is 0 Å². The number of amides is 1. The molecule has 0 unspecified atom stereocenters. The number of hydrogen-bond donors (Lipinski definition) is 1. The molecule has 8 heteroatoms. The van der Waals surface area contributed by atoms with Crippen LogP contribution in [0.3, 0.4) is 0 Å². The average Bonchev–Trinajstić information content (AvgIpc) is 3.27. The summed E-state index contributed by atoms with van der Waals surface area (Å²) < 4.78 is 22.0. The lowest BCUT2D eigenvalue weighted by molar-refractivity contribution is -0.0587. The Kier molecular flexibility index (Phi) is 4.42. The van der Waals surface area contributed by atoms with Crippen LogP contribution in [0.15, 0.2) is 24.3 Å². The number of carbonyl (C=O) groups is 1. The predicted octanol–water partition coefficient (Wildman–Crippen LogP) is 1.97. The van der Waals surface area contributed by atoms with Gasteiger partial charge < -0.3 is 23.8 Å². The number of aromatic nitrogens is 2. The SMILES string of the molecule is C[C@@H]1CN(C(=O)c2cc(COc3ccc4c(c3)OCO4)[nH]n2)C[C@H](C)O1. The Morgan fingerprint density at radius 1 is 1.23 bits per heavy atom. The fourth-order valence-electron chi connectivity index (χ4n) is 3.18. The summed E-state index contributed by atoms with van der Waals surface area (Å²) in [6.07, 6.45) is 0.0471. The first-order chi connectivity index (χ1) is 12.6. The van der Waals surface area contributed by atoms with Crippen molar-refractivity contribution in [3.8, 4) is 17.2 Å². The summed E-state index contributed by atoms with van der Waals surface area (Å²) in [5.41, 5.74) is 1.11. The molecule has 0 saturated carbocycles. The van der Waals surface area contributed by atoms with Crippen molar-refractivity contribution in [1.82, 2.24) is 15.1 Å². The summed E-state index contributed by atoms with van der Waals surface area (Å²) in [7, 11) is 0. The minimum Gasteiger partial charge on any atom is -0.487 e. The van der Waals surface area contributed by atoms with E-state index in [-0.39, 0.29) is 31.5 Å². The smallest absolute Gasteiger partial charge is 0.274 e. The summed E-state index contributed by atoms with van der Waals surface area (Å²) >= 11 is 0. The monoisotopic (exact) mass is 359 g/mol. The first-order valence-electron chi connectivity index (χ1n) is 8.60. The lowest BCUT2D eigenvalue weighted by Gasteiger charge is -2.34. The number of aromatic amines is 1. The summed E-state index contributed by atoms with van der Waals surface area (Å²) in [5.74, 6) is 1.93. The van der Waals surface area contributed by atoms with Crippen LogP contribution >= 0.6 is 0 Å². The van der Waals surface area contributed by atoms with Crippen molar-refractivity contribution < 1.29 is 23.7 Å². The number of rotatable bonds is 4. The van der Waals surface area contributed by atoms with E-state index in [4.69, 9.17) is 18.9 Å². The van der Waals surface area contributed by atoms with Gasteiger partial charge in [-0.3, -0.25) is 9.89 Å². The molecule has 138 valence electrons. The summed E-state index contributed by atoms with van der Waals surface area (Å²) in [5, 5.41) is 6.99. The molecule has 8 nitrogen and oxygen atoms in total. The van der Waals surface area contributed by atoms with Crippen molar-refractivity contribution in [2.24, 2.45) is 0 Å². The van der Waals surface area contributed by atoms with Gasteiger partial charge in [0.05, 0.1) is 17.9 Å². The molecule has 0 spiro atoms. The molecule has 0 bridgehead atoms. The van der Waals surface area contributed by atoms with Crippen molar-refractivity contribution in [2.75, 3.05) is 19.9 Å². The molecule has 2 aromatic rings. The standard InChI is InChI=1S/C18H21N3O5/c1-11-7-21(8-12(2)26-11)18(22)15-5-13(19-20-15)9-23-14-3-4-16-17(6-14)25-10-24-16/h3-6,11-12H,7-10H2,1-2H3,(H,19,20)/t11-,12+. The van der Waals surface area contributed by atoms with E-state index in [0.717, 1.165) is 5.69 Å². The van der Waals surface area contributed by atoms with Crippen LogP contribution in [0.4, 0.5) is 0 Å². The fourth-order valence-corrected chi connectivity index (χ4v) is 3.18. The van der Waals surface area contributed by atoms with E-state index in [9.17, 15) is 4.79 Å². The molecule has 1 N–H and O–H groups in total. The topological polar surface area (TPSA) is 85.9 Å². The lowest BCUT2D eigenvalue weighted by Crippen LogP contribution is -2.48. The largest absolute Gasteiger partial charge is 0.487 e. The maximum Gasteiger partial charge on any atom is 0.274 e. The minimum atomic E-state index is -0.0995. The molecular weight excluding hydrogens is 338 g/mol. The van der Waals surface area contributed by atoms with E-state index >= 15 is 0 Å². The molecule has 0 aliphatic carbocycles. The number of morpholine rings is 1. The molecule has 4 rings (SSSR count). The second-order valence-electron chi connectivity index (χ2n) is 6.55. The first-order valence-corrected chi connectivity index (χ1v) is 8.60. The Labute approximate surface area is 151 Å². The Morgan fingerprint density at radius 3 is 2.81 bits per heavy atom. The van der Waals surface area contributed by atoms with Crippen LogP contribution in [0.25, 0.3) is 0 Å². The van der Waals surface area contributed by atoms with Crippen LogP contribution in [0.1, 0.15) is 30.0 Å². The third kappa shape index (κ3) is 3.45. The minimum absolute atomic E-state index is 0.0236. The summed E-state index contributed by atoms with van der Waals surface area (Å²) in [4.78, 5) is 14.4. The number of H-pyrrole nitrogens is 1. The highest BCUT2D eigenvalue weighted by Crippen LogP contribution is 2.35. The zero-order valence-corrected chi connectivity index (χ0v) is 14.7. The number of benzene rings is 1. The van der Waals surface area contributed by atoms with Crippen LogP contribution in [0.5, 0.6) is 17.2 Å². The van der Waals surface area contributed by atoms with E-state index in [1.165, 1.54) is 0 Å². The maximum absolute atomic E-state index is 12.6. The van der Waals surface area contributed by atoms with Crippen molar-refractivity contribution in [2.45, 2.75) is 32.7 Å². The third-order valence-corrected chi connectivity index (χ3v) is 4.30.